The summed E-state index contributed by atoms with van der Waals surface area (Å²) in [6.07, 6.45) is 5.32. The fourth-order valence-electron chi connectivity index (χ4n) is 3.44. The van der Waals surface area contributed by atoms with Crippen LogP contribution < -0.4 is 16.0 Å². The molecule has 3 rings (SSSR count). The third kappa shape index (κ3) is 7.19. The molecule has 154 valence electrons. The average Bonchev–Trinajstić information content (AvgIpc) is 2.77. The van der Waals surface area contributed by atoms with E-state index >= 15 is 0 Å². The standard InChI is InChI=1S/C22H29N5O2/c28-21(20-7-4-10-23-16-20)24-11-12-25-22(29)26-15-18-8-13-27(14-9-18)17-19-5-2-1-3-6-19/h1-7,10,16,18H,8-9,11-15,17H2,(H,24,28)(H2,25,26,29). The summed E-state index contributed by atoms with van der Waals surface area (Å²) < 4.78 is 0. The normalized spacial score (nSPS) is 14.9. The first kappa shape index (κ1) is 20.8. The smallest absolute Gasteiger partial charge is 0.314 e. The van der Waals surface area contributed by atoms with Crippen molar-refractivity contribution in [2.75, 3.05) is 32.7 Å². The first-order valence-electron chi connectivity index (χ1n) is 10.2. The molecule has 0 bridgehead atoms. The maximum absolute atomic E-state index is 12.0. The molecule has 1 aromatic carbocycles. The second-order valence-corrected chi connectivity index (χ2v) is 7.34. The maximum atomic E-state index is 12.0. The van der Waals surface area contributed by atoms with Crippen LogP contribution in [0.1, 0.15) is 28.8 Å². The SMILES string of the molecule is O=C(NCCNC(=O)c1cccnc1)NCC1CCN(Cc2ccccc2)CC1. The van der Waals surface area contributed by atoms with Crippen molar-refractivity contribution in [1.82, 2.24) is 25.8 Å². The Kier molecular flexibility index (Phi) is 8.01. The fourth-order valence-corrected chi connectivity index (χ4v) is 3.44. The van der Waals surface area contributed by atoms with Crippen LogP contribution in [0.3, 0.4) is 0 Å². The molecule has 1 saturated heterocycles. The van der Waals surface area contributed by atoms with Crippen molar-refractivity contribution in [3.63, 3.8) is 0 Å². The van der Waals surface area contributed by atoms with E-state index in [1.54, 1.807) is 18.3 Å². The molecule has 0 aliphatic carbocycles. The van der Waals surface area contributed by atoms with Gasteiger partial charge < -0.3 is 16.0 Å². The van der Waals surface area contributed by atoms with Crippen LogP contribution in [-0.4, -0.2) is 54.5 Å². The minimum atomic E-state index is -0.192. The van der Waals surface area contributed by atoms with E-state index in [1.165, 1.54) is 11.8 Å². The summed E-state index contributed by atoms with van der Waals surface area (Å²) >= 11 is 0. The summed E-state index contributed by atoms with van der Waals surface area (Å²) in [6, 6.07) is 13.8. The number of nitrogens with one attached hydrogen (secondary N) is 3. The summed E-state index contributed by atoms with van der Waals surface area (Å²) in [7, 11) is 0. The van der Waals surface area contributed by atoms with Gasteiger partial charge >= 0.3 is 6.03 Å². The van der Waals surface area contributed by atoms with Crippen molar-refractivity contribution >= 4 is 11.9 Å². The molecule has 1 aromatic heterocycles. The Morgan fingerprint density at radius 2 is 1.72 bits per heavy atom. The van der Waals surface area contributed by atoms with Crippen LogP contribution in [0, 0.1) is 5.92 Å². The van der Waals surface area contributed by atoms with E-state index in [0.717, 1.165) is 32.5 Å². The van der Waals surface area contributed by atoms with Gasteiger partial charge in [0.2, 0.25) is 0 Å². The van der Waals surface area contributed by atoms with Crippen LogP contribution in [0.15, 0.2) is 54.9 Å². The minimum Gasteiger partial charge on any atom is -0.350 e. The lowest BCUT2D eigenvalue weighted by Gasteiger charge is -2.32. The number of amides is 3. The Bertz CT molecular complexity index is 761. The number of carbonyl (C=O) groups excluding carboxylic acids is 2. The van der Waals surface area contributed by atoms with Gasteiger partial charge in [-0.25, -0.2) is 4.79 Å². The van der Waals surface area contributed by atoms with Crippen LogP contribution in [-0.2, 0) is 6.54 Å². The van der Waals surface area contributed by atoms with Crippen molar-refractivity contribution < 1.29 is 9.59 Å². The lowest BCUT2D eigenvalue weighted by molar-refractivity contribution is 0.0953. The highest BCUT2D eigenvalue weighted by molar-refractivity contribution is 5.93. The molecule has 3 N–H and O–H groups in total. The van der Waals surface area contributed by atoms with E-state index < -0.39 is 0 Å². The number of piperidine rings is 1. The van der Waals surface area contributed by atoms with E-state index in [-0.39, 0.29) is 11.9 Å². The van der Waals surface area contributed by atoms with Gasteiger partial charge in [0, 0.05) is 38.6 Å². The average molecular weight is 396 g/mol. The van der Waals surface area contributed by atoms with E-state index in [9.17, 15) is 9.59 Å². The predicted molar refractivity (Wildman–Crippen MR) is 112 cm³/mol. The summed E-state index contributed by atoms with van der Waals surface area (Å²) in [6.45, 7) is 4.55. The van der Waals surface area contributed by atoms with Gasteiger partial charge in [-0.1, -0.05) is 30.3 Å². The van der Waals surface area contributed by atoms with E-state index in [2.05, 4.69) is 50.1 Å². The molecular weight excluding hydrogens is 366 g/mol. The van der Waals surface area contributed by atoms with E-state index in [1.807, 2.05) is 6.07 Å². The monoisotopic (exact) mass is 395 g/mol. The lowest BCUT2D eigenvalue weighted by Crippen LogP contribution is -2.43. The highest BCUT2D eigenvalue weighted by atomic mass is 16.2. The zero-order valence-electron chi connectivity index (χ0n) is 16.6. The second-order valence-electron chi connectivity index (χ2n) is 7.34. The lowest BCUT2D eigenvalue weighted by atomic mass is 9.96. The number of nitrogens with zero attached hydrogens (tertiary/aromatic N) is 2. The van der Waals surface area contributed by atoms with Gasteiger partial charge in [-0.15, -0.1) is 0 Å². The van der Waals surface area contributed by atoms with Gasteiger partial charge in [0.25, 0.3) is 5.91 Å². The summed E-state index contributed by atoms with van der Waals surface area (Å²) in [5.74, 6) is 0.320. The zero-order valence-corrected chi connectivity index (χ0v) is 16.6. The molecule has 0 spiro atoms. The largest absolute Gasteiger partial charge is 0.350 e. The first-order chi connectivity index (χ1) is 14.2. The molecule has 1 fully saturated rings. The number of hydrogen-bond acceptors (Lipinski definition) is 4. The van der Waals surface area contributed by atoms with Gasteiger partial charge in [-0.05, 0) is 49.5 Å². The number of rotatable bonds is 8. The molecule has 3 amide bonds. The molecule has 0 saturated carbocycles. The Morgan fingerprint density at radius 3 is 2.45 bits per heavy atom. The molecule has 1 aliphatic heterocycles. The minimum absolute atomic E-state index is 0.188. The van der Waals surface area contributed by atoms with Crippen LogP contribution in [0.2, 0.25) is 0 Å². The van der Waals surface area contributed by atoms with Gasteiger partial charge in [-0.3, -0.25) is 14.7 Å². The number of aromatic nitrogens is 1. The second kappa shape index (κ2) is 11.2. The molecule has 29 heavy (non-hydrogen) atoms. The number of likely N-dealkylation sites (tertiary alicyclic amines) is 1. The highest BCUT2D eigenvalue weighted by Crippen LogP contribution is 2.18. The Labute approximate surface area is 171 Å². The molecule has 7 heteroatoms. The maximum Gasteiger partial charge on any atom is 0.314 e. The summed E-state index contributed by atoms with van der Waals surface area (Å²) in [5, 5.41) is 8.48. The van der Waals surface area contributed by atoms with Crippen LogP contribution >= 0.6 is 0 Å². The number of carbonyl (C=O) groups is 2. The van der Waals surface area contributed by atoms with Gasteiger partial charge in [0.05, 0.1) is 5.56 Å². The predicted octanol–water partition coefficient (Wildman–Crippen LogP) is 2.02. The third-order valence-electron chi connectivity index (χ3n) is 5.13. The van der Waals surface area contributed by atoms with E-state index in [0.29, 0.717) is 31.1 Å². The number of benzene rings is 1. The van der Waals surface area contributed by atoms with Crippen LogP contribution in [0.5, 0.6) is 0 Å². The molecule has 0 radical (unpaired) electrons. The Morgan fingerprint density at radius 1 is 0.966 bits per heavy atom. The Balaban J connectivity index is 1.24. The molecule has 2 aromatic rings. The van der Waals surface area contributed by atoms with Crippen molar-refractivity contribution in [3.8, 4) is 0 Å². The van der Waals surface area contributed by atoms with Crippen molar-refractivity contribution in [1.29, 1.82) is 0 Å². The summed E-state index contributed by atoms with van der Waals surface area (Å²) in [5.41, 5.74) is 1.86. The molecule has 1 aliphatic rings. The van der Waals surface area contributed by atoms with Gasteiger partial charge in [0.15, 0.2) is 0 Å². The van der Waals surface area contributed by atoms with Crippen molar-refractivity contribution in [2.45, 2.75) is 19.4 Å². The summed E-state index contributed by atoms with van der Waals surface area (Å²) in [4.78, 5) is 30.2. The molecule has 7 nitrogen and oxygen atoms in total. The Hall–Kier alpha value is -2.93. The van der Waals surface area contributed by atoms with Crippen LogP contribution in [0.25, 0.3) is 0 Å². The van der Waals surface area contributed by atoms with Gasteiger partial charge in [0.1, 0.15) is 0 Å². The highest BCUT2D eigenvalue weighted by Gasteiger charge is 2.19. The third-order valence-corrected chi connectivity index (χ3v) is 5.13. The number of hydrogen-bond donors (Lipinski definition) is 3. The quantitative estimate of drug-likeness (QED) is 0.597. The first-order valence-corrected chi connectivity index (χ1v) is 10.2. The van der Waals surface area contributed by atoms with E-state index in [4.69, 9.17) is 0 Å². The number of pyridine rings is 1. The van der Waals surface area contributed by atoms with Crippen molar-refractivity contribution in [3.05, 3.63) is 66.0 Å². The topological polar surface area (TPSA) is 86.4 Å². The molecular formula is C22H29N5O2. The molecule has 0 atom stereocenters. The van der Waals surface area contributed by atoms with Crippen LogP contribution in [0.4, 0.5) is 4.79 Å². The zero-order chi connectivity index (χ0) is 20.3. The molecule has 0 unspecified atom stereocenters. The molecule has 2 heterocycles. The van der Waals surface area contributed by atoms with Crippen molar-refractivity contribution in [2.24, 2.45) is 5.92 Å². The van der Waals surface area contributed by atoms with Gasteiger partial charge in [-0.2, -0.15) is 0 Å². The number of urea groups is 1. The fraction of sp³-hybridized carbons (Fsp3) is 0.409.